The van der Waals surface area contributed by atoms with Crippen LogP contribution < -0.4 is 5.32 Å². The van der Waals surface area contributed by atoms with E-state index in [0.29, 0.717) is 15.6 Å². The van der Waals surface area contributed by atoms with Crippen molar-refractivity contribution in [3.8, 4) is 0 Å². The number of nitro groups is 1. The molecule has 1 rings (SSSR count). The number of nitro benzene ring substituents is 1. The second-order valence-electron chi connectivity index (χ2n) is 3.46. The molecule has 5 nitrogen and oxygen atoms in total. The number of aryl methyl sites for hydroxylation is 1. The zero-order valence-corrected chi connectivity index (χ0v) is 10.8. The quantitative estimate of drug-likeness (QED) is 0.686. The second-order valence-corrected chi connectivity index (χ2v) is 4.58. The summed E-state index contributed by atoms with van der Waals surface area (Å²) in [6, 6.07) is 4.19. The summed E-state index contributed by atoms with van der Waals surface area (Å²) in [4.78, 5) is 21.8. The summed E-state index contributed by atoms with van der Waals surface area (Å²) < 4.78 is 0.633. The van der Waals surface area contributed by atoms with E-state index >= 15 is 0 Å². The van der Waals surface area contributed by atoms with Crippen LogP contribution in [0.5, 0.6) is 0 Å². The fraction of sp³-hybridized carbons (Fsp3) is 0.182. The molecule has 0 aliphatic rings. The Morgan fingerprint density at radius 1 is 1.59 bits per heavy atom. The number of amides is 1. The lowest BCUT2D eigenvalue weighted by Crippen LogP contribution is -2.25. The molecule has 0 aliphatic carbocycles. The second kappa shape index (κ2) is 5.58. The number of rotatable bonds is 4. The molecule has 1 aromatic carbocycles. The standard InChI is InChI=1S/C11H11BrN2O3/c1-7-3-4-9(14(16)17)5-10(7)11(15)13-6-8(2)12/h3-5H,2,6H2,1H3,(H,13,15). The van der Waals surface area contributed by atoms with Gasteiger partial charge in [-0.3, -0.25) is 14.9 Å². The average Bonchev–Trinajstić information content (AvgIpc) is 2.26. The van der Waals surface area contributed by atoms with Gasteiger partial charge in [-0.05, 0) is 12.5 Å². The van der Waals surface area contributed by atoms with E-state index in [1.54, 1.807) is 13.0 Å². The number of hydrogen-bond donors (Lipinski definition) is 1. The molecular formula is C11H11BrN2O3. The molecule has 0 unspecified atom stereocenters. The van der Waals surface area contributed by atoms with Gasteiger partial charge in [0.05, 0.1) is 4.92 Å². The van der Waals surface area contributed by atoms with Crippen LogP contribution in [-0.4, -0.2) is 17.4 Å². The van der Waals surface area contributed by atoms with Crippen LogP contribution in [0.15, 0.2) is 29.3 Å². The number of halogens is 1. The third kappa shape index (κ3) is 3.67. The lowest BCUT2D eigenvalue weighted by Gasteiger charge is -2.06. The summed E-state index contributed by atoms with van der Waals surface area (Å²) in [5, 5.41) is 13.2. The summed E-state index contributed by atoms with van der Waals surface area (Å²) in [7, 11) is 0. The molecule has 0 atom stereocenters. The monoisotopic (exact) mass is 298 g/mol. The minimum atomic E-state index is -0.528. The highest BCUT2D eigenvalue weighted by Gasteiger charge is 2.14. The molecule has 6 heteroatoms. The molecule has 0 radical (unpaired) electrons. The SMILES string of the molecule is C=C(Br)CNC(=O)c1cc([N+](=O)[O-])ccc1C. The third-order valence-electron chi connectivity index (χ3n) is 2.12. The first-order chi connectivity index (χ1) is 7.91. The molecule has 1 aromatic rings. The zero-order valence-electron chi connectivity index (χ0n) is 9.20. The Morgan fingerprint density at radius 2 is 2.24 bits per heavy atom. The Labute approximate surface area is 107 Å². The van der Waals surface area contributed by atoms with Gasteiger partial charge in [0, 0.05) is 28.7 Å². The van der Waals surface area contributed by atoms with Crippen LogP contribution in [0.1, 0.15) is 15.9 Å². The van der Waals surface area contributed by atoms with Gasteiger partial charge in [-0.25, -0.2) is 0 Å². The smallest absolute Gasteiger partial charge is 0.270 e. The van der Waals surface area contributed by atoms with Crippen LogP contribution in [0.3, 0.4) is 0 Å². The maximum atomic E-state index is 11.7. The number of carbonyl (C=O) groups is 1. The van der Waals surface area contributed by atoms with Crippen LogP contribution in [0.2, 0.25) is 0 Å². The predicted molar refractivity (Wildman–Crippen MR) is 68.2 cm³/mol. The minimum Gasteiger partial charge on any atom is -0.347 e. The van der Waals surface area contributed by atoms with Gasteiger partial charge in [0.2, 0.25) is 0 Å². The van der Waals surface area contributed by atoms with E-state index in [9.17, 15) is 14.9 Å². The molecule has 0 aromatic heterocycles. The van der Waals surface area contributed by atoms with Gasteiger partial charge < -0.3 is 5.32 Å². The fourth-order valence-electron chi connectivity index (χ4n) is 1.24. The first kappa shape index (κ1) is 13.4. The van der Waals surface area contributed by atoms with E-state index in [1.807, 2.05) is 0 Å². The third-order valence-corrected chi connectivity index (χ3v) is 2.40. The predicted octanol–water partition coefficient (Wildman–Crippen LogP) is 2.54. The van der Waals surface area contributed by atoms with E-state index in [4.69, 9.17) is 0 Å². The van der Waals surface area contributed by atoms with Crippen molar-refractivity contribution >= 4 is 27.5 Å². The number of hydrogen-bond acceptors (Lipinski definition) is 3. The highest BCUT2D eigenvalue weighted by molar-refractivity contribution is 9.11. The molecule has 17 heavy (non-hydrogen) atoms. The number of non-ortho nitro benzene ring substituents is 1. The largest absolute Gasteiger partial charge is 0.347 e. The van der Waals surface area contributed by atoms with E-state index in [2.05, 4.69) is 27.8 Å². The van der Waals surface area contributed by atoms with Crippen molar-refractivity contribution in [1.29, 1.82) is 0 Å². The zero-order chi connectivity index (χ0) is 13.0. The summed E-state index contributed by atoms with van der Waals surface area (Å²) >= 11 is 3.11. The van der Waals surface area contributed by atoms with Crippen LogP contribution in [0.4, 0.5) is 5.69 Å². The van der Waals surface area contributed by atoms with Crippen molar-refractivity contribution < 1.29 is 9.72 Å². The highest BCUT2D eigenvalue weighted by atomic mass is 79.9. The van der Waals surface area contributed by atoms with Gasteiger partial charge in [0.15, 0.2) is 0 Å². The molecule has 0 heterocycles. The van der Waals surface area contributed by atoms with Gasteiger partial charge in [-0.1, -0.05) is 28.6 Å². The first-order valence-corrected chi connectivity index (χ1v) is 5.57. The van der Waals surface area contributed by atoms with Crippen LogP contribution in [-0.2, 0) is 0 Å². The molecule has 0 fully saturated rings. The van der Waals surface area contributed by atoms with Crippen molar-refractivity contribution in [2.75, 3.05) is 6.54 Å². The lowest BCUT2D eigenvalue weighted by molar-refractivity contribution is -0.384. The summed E-state index contributed by atoms with van der Waals surface area (Å²) in [5.74, 6) is -0.355. The molecule has 0 bridgehead atoms. The Morgan fingerprint density at radius 3 is 2.76 bits per heavy atom. The highest BCUT2D eigenvalue weighted by Crippen LogP contribution is 2.17. The molecule has 0 spiro atoms. The summed E-state index contributed by atoms with van der Waals surface area (Å²) in [6.07, 6.45) is 0. The van der Waals surface area contributed by atoms with E-state index in [0.717, 1.165) is 0 Å². The van der Waals surface area contributed by atoms with Crippen molar-refractivity contribution in [3.05, 3.63) is 50.5 Å². The normalized spacial score (nSPS) is 9.76. The van der Waals surface area contributed by atoms with Gasteiger partial charge >= 0.3 is 0 Å². The molecule has 0 saturated carbocycles. The van der Waals surface area contributed by atoms with Crippen LogP contribution >= 0.6 is 15.9 Å². The van der Waals surface area contributed by atoms with E-state index < -0.39 is 4.92 Å². The van der Waals surface area contributed by atoms with Gasteiger partial charge in [0.1, 0.15) is 0 Å². The number of nitrogens with zero attached hydrogens (tertiary/aromatic N) is 1. The average molecular weight is 299 g/mol. The Balaban J connectivity index is 2.95. The molecule has 0 aliphatic heterocycles. The van der Waals surface area contributed by atoms with Gasteiger partial charge in [0.25, 0.3) is 11.6 Å². The molecule has 90 valence electrons. The molecule has 1 N–H and O–H groups in total. The van der Waals surface area contributed by atoms with E-state index in [-0.39, 0.29) is 18.1 Å². The molecule has 0 saturated heterocycles. The van der Waals surface area contributed by atoms with Crippen LogP contribution in [0.25, 0.3) is 0 Å². The summed E-state index contributed by atoms with van der Waals surface area (Å²) in [5.41, 5.74) is 0.889. The fourth-order valence-corrected chi connectivity index (χ4v) is 1.38. The van der Waals surface area contributed by atoms with E-state index in [1.165, 1.54) is 12.1 Å². The Bertz CT molecular complexity index is 486. The van der Waals surface area contributed by atoms with Crippen molar-refractivity contribution in [2.24, 2.45) is 0 Å². The van der Waals surface area contributed by atoms with Crippen molar-refractivity contribution in [3.63, 3.8) is 0 Å². The molecule has 1 amide bonds. The van der Waals surface area contributed by atoms with Crippen LogP contribution in [0, 0.1) is 17.0 Å². The summed E-state index contributed by atoms with van der Waals surface area (Å²) in [6.45, 7) is 5.59. The number of nitrogens with one attached hydrogen (secondary N) is 1. The maximum absolute atomic E-state index is 11.7. The van der Waals surface area contributed by atoms with Crippen molar-refractivity contribution in [2.45, 2.75) is 6.92 Å². The molecular weight excluding hydrogens is 288 g/mol. The maximum Gasteiger partial charge on any atom is 0.270 e. The Hall–Kier alpha value is -1.69. The van der Waals surface area contributed by atoms with Gasteiger partial charge in [-0.2, -0.15) is 0 Å². The Kier molecular flexibility index (Phi) is 4.39. The van der Waals surface area contributed by atoms with Crippen molar-refractivity contribution in [1.82, 2.24) is 5.32 Å². The minimum absolute atomic E-state index is 0.0987. The lowest BCUT2D eigenvalue weighted by atomic mass is 10.1. The number of carbonyl (C=O) groups excluding carboxylic acids is 1. The topological polar surface area (TPSA) is 72.2 Å². The first-order valence-electron chi connectivity index (χ1n) is 4.78. The number of benzene rings is 1. The van der Waals surface area contributed by atoms with Gasteiger partial charge in [-0.15, -0.1) is 0 Å².